The molecule has 0 aliphatic heterocycles. The third-order valence-electron chi connectivity index (χ3n) is 1.11. The van der Waals surface area contributed by atoms with E-state index in [1.165, 1.54) is 0 Å². The summed E-state index contributed by atoms with van der Waals surface area (Å²) in [5.74, 6) is 0.854. The summed E-state index contributed by atoms with van der Waals surface area (Å²) < 4.78 is 4.85. The van der Waals surface area contributed by atoms with Gasteiger partial charge in [0, 0.05) is 11.7 Å². The molecule has 0 saturated heterocycles. The van der Waals surface area contributed by atoms with E-state index in [4.69, 9.17) is 4.52 Å². The molecule has 1 rings (SSSR count). The van der Waals surface area contributed by atoms with Crippen LogP contribution in [0, 0.1) is 5.41 Å². The van der Waals surface area contributed by atoms with Crippen LogP contribution in [0.2, 0.25) is 0 Å². The molecule has 0 N–H and O–H groups in total. The lowest BCUT2D eigenvalue weighted by Crippen LogP contribution is -2.08. The van der Waals surface area contributed by atoms with Crippen molar-refractivity contribution in [2.45, 2.75) is 27.2 Å². The van der Waals surface area contributed by atoms with Gasteiger partial charge in [-0.05, 0) is 5.41 Å². The van der Waals surface area contributed by atoms with Crippen LogP contribution in [0.15, 0.2) is 10.7 Å². The zero-order valence-electron chi connectivity index (χ0n) is 6.59. The molecule has 3 nitrogen and oxygen atoms in total. The summed E-state index contributed by atoms with van der Waals surface area (Å²) in [6.07, 6.45) is 2.55. The molecule has 0 bridgehead atoms. The van der Waals surface area contributed by atoms with E-state index in [-0.39, 0.29) is 5.41 Å². The maximum absolute atomic E-state index is 4.85. The Hall–Kier alpha value is -0.860. The van der Waals surface area contributed by atoms with E-state index in [0.29, 0.717) is 0 Å². The zero-order valence-corrected chi connectivity index (χ0v) is 6.59. The molecule has 0 aliphatic carbocycles. The summed E-state index contributed by atoms with van der Waals surface area (Å²) in [6, 6.07) is 0. The first kappa shape index (κ1) is 7.25. The van der Waals surface area contributed by atoms with Crippen molar-refractivity contribution in [1.29, 1.82) is 0 Å². The van der Waals surface area contributed by atoms with Crippen molar-refractivity contribution in [2.75, 3.05) is 0 Å². The molecule has 0 aromatic carbocycles. The van der Waals surface area contributed by atoms with Crippen LogP contribution in [-0.2, 0) is 6.42 Å². The third-order valence-corrected chi connectivity index (χ3v) is 1.11. The number of aromatic nitrogens is 2. The van der Waals surface area contributed by atoms with Gasteiger partial charge in [0.25, 0.3) is 0 Å². The molecule has 0 amide bonds. The molecule has 0 atom stereocenters. The van der Waals surface area contributed by atoms with Gasteiger partial charge in [0.05, 0.1) is 6.20 Å². The van der Waals surface area contributed by atoms with E-state index in [1.807, 2.05) is 0 Å². The average molecular weight is 140 g/mol. The van der Waals surface area contributed by atoms with E-state index in [9.17, 15) is 0 Å². The largest absolute Gasteiger partial charge is 0.342 e. The minimum Gasteiger partial charge on any atom is -0.342 e. The van der Waals surface area contributed by atoms with Crippen molar-refractivity contribution in [1.82, 2.24) is 10.4 Å². The molecule has 0 saturated carbocycles. The van der Waals surface area contributed by atoms with Gasteiger partial charge in [-0.25, -0.2) is 0 Å². The zero-order chi connectivity index (χ0) is 7.61. The Kier molecular flexibility index (Phi) is 1.74. The molecule has 1 aromatic heterocycles. The normalized spacial score (nSPS) is 11.9. The minimum absolute atomic E-state index is 0.251. The van der Waals surface area contributed by atoms with Gasteiger partial charge in [-0.3, -0.25) is 0 Å². The van der Waals surface area contributed by atoms with E-state index >= 15 is 0 Å². The third kappa shape index (κ3) is 2.17. The first-order valence-electron chi connectivity index (χ1n) is 3.34. The smallest absolute Gasteiger partial charge is 0.157 e. The summed E-state index contributed by atoms with van der Waals surface area (Å²) in [4.78, 5) is 0. The average Bonchev–Trinajstić information content (AvgIpc) is 2.12. The van der Waals surface area contributed by atoms with Crippen LogP contribution in [0.25, 0.3) is 0 Å². The molecule has 0 spiro atoms. The highest BCUT2D eigenvalue weighted by atomic mass is 16.5. The minimum atomic E-state index is 0.251. The summed E-state index contributed by atoms with van der Waals surface area (Å²) in [5.41, 5.74) is 0.251. The fraction of sp³-hybridized carbons (Fsp3) is 0.714. The molecule has 1 aromatic rings. The summed E-state index contributed by atoms with van der Waals surface area (Å²) in [6.45, 7) is 6.44. The van der Waals surface area contributed by atoms with Crippen molar-refractivity contribution < 1.29 is 4.52 Å². The Balaban J connectivity index is 2.57. The number of nitrogens with zero attached hydrogens (tertiary/aromatic N) is 2. The lowest BCUT2D eigenvalue weighted by atomic mass is 9.91. The standard InChI is InChI=1S/C7H12N2O/c1-7(2,3)4-6-5-8-9-10-6/h5H,4H2,1-3H3. The molecule has 0 radical (unpaired) electrons. The van der Waals surface area contributed by atoms with Crippen LogP contribution in [0.3, 0.4) is 0 Å². The van der Waals surface area contributed by atoms with E-state index < -0.39 is 0 Å². The van der Waals surface area contributed by atoms with E-state index in [1.54, 1.807) is 6.20 Å². The fourth-order valence-corrected chi connectivity index (χ4v) is 0.788. The molecule has 1 heterocycles. The number of hydrogen-bond donors (Lipinski definition) is 0. The predicted octanol–water partition coefficient (Wildman–Crippen LogP) is 1.66. The Morgan fingerprint density at radius 1 is 1.50 bits per heavy atom. The van der Waals surface area contributed by atoms with Crippen LogP contribution in [0.5, 0.6) is 0 Å². The maximum atomic E-state index is 4.85. The number of rotatable bonds is 1. The second kappa shape index (κ2) is 2.40. The van der Waals surface area contributed by atoms with Gasteiger partial charge < -0.3 is 4.52 Å². The van der Waals surface area contributed by atoms with Gasteiger partial charge in [-0.15, -0.1) is 5.10 Å². The lowest BCUT2D eigenvalue weighted by molar-refractivity contribution is 0.311. The topological polar surface area (TPSA) is 38.9 Å². The van der Waals surface area contributed by atoms with E-state index in [0.717, 1.165) is 12.2 Å². The molecule has 0 unspecified atom stereocenters. The van der Waals surface area contributed by atoms with Crippen molar-refractivity contribution in [3.05, 3.63) is 12.0 Å². The highest BCUT2D eigenvalue weighted by molar-refractivity contribution is 4.89. The van der Waals surface area contributed by atoms with Gasteiger partial charge in [0.15, 0.2) is 5.76 Å². The van der Waals surface area contributed by atoms with Crippen molar-refractivity contribution >= 4 is 0 Å². The molecular formula is C7H12N2O. The second-order valence-corrected chi connectivity index (χ2v) is 3.62. The van der Waals surface area contributed by atoms with E-state index in [2.05, 4.69) is 31.1 Å². The Morgan fingerprint density at radius 3 is 2.60 bits per heavy atom. The van der Waals surface area contributed by atoms with Crippen molar-refractivity contribution in [2.24, 2.45) is 5.41 Å². The summed E-state index contributed by atoms with van der Waals surface area (Å²) in [7, 11) is 0. The molecule has 0 fully saturated rings. The molecule has 3 heteroatoms. The SMILES string of the molecule is CC(C)(C)Cc1cnno1. The Labute approximate surface area is 60.4 Å². The lowest BCUT2D eigenvalue weighted by Gasteiger charge is -2.14. The highest BCUT2D eigenvalue weighted by Crippen LogP contribution is 2.18. The Morgan fingerprint density at radius 2 is 2.20 bits per heavy atom. The first-order chi connectivity index (χ1) is 4.58. The van der Waals surface area contributed by atoms with Crippen LogP contribution < -0.4 is 0 Å². The first-order valence-corrected chi connectivity index (χ1v) is 3.34. The second-order valence-electron chi connectivity index (χ2n) is 3.62. The number of hydrogen-bond acceptors (Lipinski definition) is 3. The molecule has 56 valence electrons. The van der Waals surface area contributed by atoms with Gasteiger partial charge in [0.2, 0.25) is 0 Å². The highest BCUT2D eigenvalue weighted by Gasteiger charge is 2.13. The maximum Gasteiger partial charge on any atom is 0.157 e. The monoisotopic (exact) mass is 140 g/mol. The van der Waals surface area contributed by atoms with Crippen LogP contribution in [-0.4, -0.2) is 10.4 Å². The van der Waals surface area contributed by atoms with Gasteiger partial charge >= 0.3 is 0 Å². The molecule has 10 heavy (non-hydrogen) atoms. The van der Waals surface area contributed by atoms with Gasteiger partial charge in [-0.1, -0.05) is 20.8 Å². The Bertz CT molecular complexity index is 186. The predicted molar refractivity (Wildman–Crippen MR) is 37.5 cm³/mol. The molecule has 0 aliphatic rings. The van der Waals surface area contributed by atoms with Crippen molar-refractivity contribution in [3.63, 3.8) is 0 Å². The van der Waals surface area contributed by atoms with Crippen molar-refractivity contribution in [3.8, 4) is 0 Å². The van der Waals surface area contributed by atoms with Crippen LogP contribution >= 0.6 is 0 Å². The van der Waals surface area contributed by atoms with Crippen LogP contribution in [0.1, 0.15) is 26.5 Å². The van der Waals surface area contributed by atoms with Gasteiger partial charge in [0.1, 0.15) is 0 Å². The molecular weight excluding hydrogens is 128 g/mol. The summed E-state index contributed by atoms with van der Waals surface area (Å²) >= 11 is 0. The quantitative estimate of drug-likeness (QED) is 0.595. The fourth-order valence-electron chi connectivity index (χ4n) is 0.788. The van der Waals surface area contributed by atoms with Crippen LogP contribution in [0.4, 0.5) is 0 Å². The summed E-state index contributed by atoms with van der Waals surface area (Å²) in [5, 5.41) is 6.97. The van der Waals surface area contributed by atoms with Gasteiger partial charge in [-0.2, -0.15) is 0 Å².